The number of nitrogens with zero attached hydrogens (tertiary/aromatic N) is 3. The van der Waals surface area contributed by atoms with Crippen molar-refractivity contribution in [3.8, 4) is 17.2 Å². The predicted octanol–water partition coefficient (Wildman–Crippen LogP) is 2.95. The van der Waals surface area contributed by atoms with Gasteiger partial charge in [0.05, 0.1) is 12.1 Å². The van der Waals surface area contributed by atoms with Crippen molar-refractivity contribution in [2.75, 3.05) is 18.5 Å². The van der Waals surface area contributed by atoms with Crippen LogP contribution in [0.15, 0.2) is 24.3 Å². The summed E-state index contributed by atoms with van der Waals surface area (Å²) in [4.78, 5) is 5.78. The monoisotopic (exact) mass is 298 g/mol. The lowest BCUT2D eigenvalue weighted by molar-refractivity contribution is -0.298. The van der Waals surface area contributed by atoms with E-state index >= 15 is 0 Å². The molecule has 1 aromatic heterocycles. The predicted molar refractivity (Wildman–Crippen MR) is 77.6 cm³/mol. The molecule has 0 saturated carbocycles. The van der Waals surface area contributed by atoms with Crippen molar-refractivity contribution < 1.29 is 13.8 Å². The molecule has 2 aromatic rings. The Labute approximate surface area is 127 Å². The molecule has 22 heavy (non-hydrogen) atoms. The molecule has 0 atom stereocenters. The second kappa shape index (κ2) is 5.61. The number of hydrogen-bond donors (Lipinski definition) is 0. The van der Waals surface area contributed by atoms with Crippen LogP contribution in [0, 0.1) is 17.5 Å². The third kappa shape index (κ3) is 2.46. The molecular weight excluding hydrogens is 284 g/mol. The quantitative estimate of drug-likeness (QED) is 0.856. The minimum atomic E-state index is -2.57. The van der Waals surface area contributed by atoms with Crippen molar-refractivity contribution in [2.45, 2.75) is 19.3 Å². The van der Waals surface area contributed by atoms with Gasteiger partial charge in [-0.05, 0) is 41.1 Å². The van der Waals surface area contributed by atoms with Gasteiger partial charge in [-0.1, -0.05) is 0 Å². The smallest absolute Gasteiger partial charge is 0.374 e. The lowest BCUT2D eigenvalue weighted by Crippen LogP contribution is -2.25. The zero-order chi connectivity index (χ0) is 15.7. The van der Waals surface area contributed by atoms with E-state index in [1.807, 2.05) is 24.1 Å². The van der Waals surface area contributed by atoms with Crippen LogP contribution in [0.5, 0.6) is 0 Å². The van der Waals surface area contributed by atoms with Crippen LogP contribution in [-0.4, -0.2) is 13.6 Å². The average molecular weight is 298 g/mol. The first-order valence-corrected chi connectivity index (χ1v) is 7.05. The maximum Gasteiger partial charge on any atom is 0.417 e. The number of aryl methyl sites for hydroxylation is 1. The zero-order valence-corrected chi connectivity index (χ0v) is 12.1. The van der Waals surface area contributed by atoms with E-state index in [1.54, 1.807) is 12.1 Å². The number of rotatable bonds is 2. The summed E-state index contributed by atoms with van der Waals surface area (Å²) in [5.41, 5.74) is 3.09. The lowest BCUT2D eigenvalue weighted by Gasteiger charge is -2.29. The summed E-state index contributed by atoms with van der Waals surface area (Å²) >= 11 is 0. The van der Waals surface area contributed by atoms with E-state index in [2.05, 4.69) is 11.2 Å². The van der Waals surface area contributed by atoms with E-state index in [0.29, 0.717) is 11.1 Å². The standard InChI is InChI=1S/C17H14F2N3/c1-22-6-2-3-12-8-14(15(17(18)19)9-16(12)22)11-4-5-21-13(7-11)10-20/h4,7-9,17H,2-3,6H2,1H3/q+1. The molecule has 5 heteroatoms. The number of aromatic nitrogens is 1. The summed E-state index contributed by atoms with van der Waals surface area (Å²) in [7, 11) is 1.92. The van der Waals surface area contributed by atoms with Crippen LogP contribution in [0.3, 0.4) is 0 Å². The fourth-order valence-electron chi connectivity index (χ4n) is 2.87. The lowest BCUT2D eigenvalue weighted by atomic mass is 9.92. The van der Waals surface area contributed by atoms with Gasteiger partial charge in [-0.15, -0.1) is 0 Å². The number of halogens is 2. The largest absolute Gasteiger partial charge is 0.417 e. The summed E-state index contributed by atoms with van der Waals surface area (Å²) < 4.78 is 27.0. The Kier molecular flexibility index (Phi) is 3.65. The molecule has 3 nitrogen and oxygen atoms in total. The highest BCUT2D eigenvalue weighted by Crippen LogP contribution is 2.38. The van der Waals surface area contributed by atoms with Crippen LogP contribution in [0.2, 0.25) is 0 Å². The second-order valence-electron chi connectivity index (χ2n) is 5.38. The SMILES string of the molecule is CN1CCCc2cc(-c3cc#[n+]c(C#N)c3)c(C(F)F)cc21. The van der Waals surface area contributed by atoms with Crippen LogP contribution in [-0.2, 0) is 6.42 Å². The van der Waals surface area contributed by atoms with Crippen molar-refractivity contribution in [1.82, 2.24) is 0 Å². The fraction of sp³-hybridized carbons (Fsp3) is 0.294. The van der Waals surface area contributed by atoms with Gasteiger partial charge in [-0.25, -0.2) is 8.78 Å². The van der Waals surface area contributed by atoms with Crippen molar-refractivity contribution in [3.63, 3.8) is 0 Å². The van der Waals surface area contributed by atoms with Gasteiger partial charge >= 0.3 is 11.9 Å². The molecule has 3 rings (SSSR count). The van der Waals surface area contributed by atoms with E-state index in [9.17, 15) is 8.78 Å². The molecule has 1 aliphatic rings. The van der Waals surface area contributed by atoms with Crippen molar-refractivity contribution in [1.29, 1.82) is 5.26 Å². The molecule has 0 radical (unpaired) electrons. The molecule has 0 saturated heterocycles. The molecule has 0 fully saturated rings. The molecule has 0 amide bonds. The second-order valence-corrected chi connectivity index (χ2v) is 5.38. The molecule has 0 aliphatic carbocycles. The maximum absolute atomic E-state index is 13.5. The van der Waals surface area contributed by atoms with Gasteiger partial charge in [0.15, 0.2) is 6.07 Å². The van der Waals surface area contributed by atoms with Crippen LogP contribution in [0.1, 0.15) is 29.7 Å². The van der Waals surface area contributed by atoms with Gasteiger partial charge < -0.3 is 4.90 Å². The fourth-order valence-corrected chi connectivity index (χ4v) is 2.87. The number of alkyl halides is 2. The zero-order valence-electron chi connectivity index (χ0n) is 12.1. The molecule has 0 bridgehead atoms. The minimum absolute atomic E-state index is 0.0176. The van der Waals surface area contributed by atoms with E-state index in [-0.39, 0.29) is 11.3 Å². The highest BCUT2D eigenvalue weighted by Gasteiger charge is 2.22. The third-order valence-electron chi connectivity index (χ3n) is 3.96. The Morgan fingerprint density at radius 2 is 2.18 bits per heavy atom. The molecular formula is C17H14F2N3+. The summed E-state index contributed by atoms with van der Waals surface area (Å²) in [6.07, 6.45) is 1.91. The van der Waals surface area contributed by atoms with Crippen LogP contribution >= 0.6 is 0 Å². The Morgan fingerprint density at radius 1 is 1.36 bits per heavy atom. The Hall–Kier alpha value is -2.66. The van der Waals surface area contributed by atoms with Gasteiger partial charge in [0.2, 0.25) is 0 Å². The van der Waals surface area contributed by atoms with E-state index < -0.39 is 6.43 Å². The van der Waals surface area contributed by atoms with Crippen LogP contribution in [0.25, 0.3) is 11.1 Å². The van der Waals surface area contributed by atoms with Crippen LogP contribution < -0.4 is 9.88 Å². The minimum Gasteiger partial charge on any atom is -0.374 e. The number of nitriles is 1. The number of anilines is 1. The van der Waals surface area contributed by atoms with Crippen molar-refractivity contribution in [3.05, 3.63) is 47.3 Å². The Balaban J connectivity index is 2.19. The van der Waals surface area contributed by atoms with E-state index in [1.165, 1.54) is 6.07 Å². The van der Waals surface area contributed by atoms with Gasteiger partial charge in [0.25, 0.3) is 6.43 Å². The molecule has 2 heterocycles. The number of fused-ring (bicyclic) bond motifs is 1. The van der Waals surface area contributed by atoms with Gasteiger partial charge in [-0.2, -0.15) is 5.26 Å². The highest BCUT2D eigenvalue weighted by atomic mass is 19.3. The summed E-state index contributed by atoms with van der Waals surface area (Å²) in [6.45, 7) is 0.872. The molecule has 1 aliphatic heterocycles. The van der Waals surface area contributed by atoms with Gasteiger partial charge in [0, 0.05) is 30.4 Å². The summed E-state index contributed by atoms with van der Waals surface area (Å²) in [5.74, 6) is 0. The van der Waals surface area contributed by atoms with Crippen molar-refractivity contribution in [2.24, 2.45) is 0 Å². The normalized spacial score (nSPS) is 13.5. The van der Waals surface area contributed by atoms with E-state index in [0.717, 1.165) is 30.6 Å². The molecule has 0 spiro atoms. The van der Waals surface area contributed by atoms with Gasteiger partial charge in [0.1, 0.15) is 0 Å². The summed E-state index contributed by atoms with van der Waals surface area (Å²) in [5, 5.41) is 8.93. The first kappa shape index (κ1) is 14.3. The maximum atomic E-state index is 13.5. The first-order chi connectivity index (χ1) is 10.6. The van der Waals surface area contributed by atoms with E-state index in [4.69, 9.17) is 5.26 Å². The molecule has 1 aromatic carbocycles. The summed E-state index contributed by atoms with van der Waals surface area (Å²) in [6, 6.07) is 8.37. The average Bonchev–Trinajstić information content (AvgIpc) is 2.54. The number of benzene rings is 1. The topological polar surface area (TPSA) is 41.1 Å². The molecule has 0 unspecified atom stereocenters. The molecule has 0 N–H and O–H groups in total. The van der Waals surface area contributed by atoms with Crippen molar-refractivity contribution >= 4 is 5.69 Å². The Bertz CT molecular complexity index is 750. The highest BCUT2D eigenvalue weighted by molar-refractivity contribution is 5.73. The molecule has 110 valence electrons. The van der Waals surface area contributed by atoms with Gasteiger partial charge in [-0.3, -0.25) is 0 Å². The Morgan fingerprint density at radius 3 is 2.91 bits per heavy atom. The third-order valence-corrected chi connectivity index (χ3v) is 3.96. The number of hydrogen-bond acceptors (Lipinski definition) is 2. The first-order valence-electron chi connectivity index (χ1n) is 7.05. The van der Waals surface area contributed by atoms with Crippen LogP contribution in [0.4, 0.5) is 14.5 Å².